The van der Waals surface area contributed by atoms with E-state index in [0.29, 0.717) is 6.07 Å². The highest BCUT2D eigenvalue weighted by molar-refractivity contribution is 8.45. The first kappa shape index (κ1) is 33.9. The van der Waals surface area contributed by atoms with Gasteiger partial charge in [0.15, 0.2) is 17.8 Å². The number of halogens is 7. The van der Waals surface area contributed by atoms with E-state index < -0.39 is 90.1 Å². The molecule has 3 heterocycles. The minimum atomic E-state index is -10.1. The molecule has 3 aromatic rings. The number of aromatic nitrogens is 4. The highest BCUT2D eigenvalue weighted by Gasteiger charge is 2.65. The molecule has 6 atom stereocenters. The number of nitrogens with zero attached hydrogens (tertiary/aromatic N) is 4. The van der Waals surface area contributed by atoms with E-state index in [1.165, 1.54) is 6.92 Å². The number of benzene rings is 1. The molecule has 1 fully saturated rings. The summed E-state index contributed by atoms with van der Waals surface area (Å²) in [5.74, 6) is -3.25. The molecule has 2 unspecified atom stereocenters. The van der Waals surface area contributed by atoms with E-state index in [2.05, 4.69) is 24.9 Å². The summed E-state index contributed by atoms with van der Waals surface area (Å²) in [7, 11) is -19.9. The largest absolute Gasteiger partial charge is 0.387 e. The number of fused-ring (bicyclic) bond motifs is 1. The summed E-state index contributed by atoms with van der Waals surface area (Å²) in [4.78, 5) is 32.9. The van der Waals surface area contributed by atoms with Crippen LogP contribution in [0.4, 0.5) is 29.6 Å². The van der Waals surface area contributed by atoms with Crippen molar-refractivity contribution in [3.8, 4) is 0 Å². The Kier molecular flexibility index (Phi) is 8.28. The molecule has 24 heteroatoms. The number of rotatable bonds is 10. The Morgan fingerprint density at radius 1 is 1.14 bits per heavy atom. The van der Waals surface area contributed by atoms with Gasteiger partial charge in [-0.05, 0) is 30.7 Å². The van der Waals surface area contributed by atoms with Gasteiger partial charge in [-0.15, -0.1) is 0 Å². The molecule has 242 valence electrons. The Bertz CT molecular complexity index is 1670. The first-order chi connectivity index (χ1) is 19.3. The fourth-order valence-corrected chi connectivity index (χ4v) is 7.49. The summed E-state index contributed by atoms with van der Waals surface area (Å²) in [5, 5.41) is 27.2. The zero-order valence-corrected chi connectivity index (χ0v) is 24.6. The molecular weight excluding hydrogens is 686 g/mol. The predicted octanol–water partition coefficient (Wildman–Crippen LogP) is 4.41. The van der Waals surface area contributed by atoms with Crippen molar-refractivity contribution in [2.45, 2.75) is 42.4 Å². The van der Waals surface area contributed by atoms with Gasteiger partial charge in [0.1, 0.15) is 34.8 Å². The first-order valence-corrected chi connectivity index (χ1v) is 17.5. The zero-order chi connectivity index (χ0) is 32.4. The number of hydrogen-bond acceptors (Lipinski definition) is 10. The number of hydrogen-bond donors (Lipinski definition) is 6. The van der Waals surface area contributed by atoms with Crippen LogP contribution in [-0.4, -0.2) is 75.5 Å². The quantitative estimate of drug-likeness (QED) is 0.0982. The monoisotopic (exact) mass is 707 g/mol. The maximum atomic E-state index is 14.5. The van der Waals surface area contributed by atoms with Gasteiger partial charge in [-0.2, -0.15) is 15.1 Å². The van der Waals surface area contributed by atoms with Gasteiger partial charge < -0.3 is 39.5 Å². The Hall–Kier alpha value is -2.03. The van der Waals surface area contributed by atoms with E-state index in [0.717, 1.165) is 10.9 Å². The number of aliphatic hydroxyl groups excluding tert-OH is 2. The lowest BCUT2D eigenvalue weighted by Gasteiger charge is -2.40. The maximum Gasteiger partial charge on any atom is 0.340 e. The van der Waals surface area contributed by atoms with Crippen LogP contribution >= 0.6 is 37.0 Å². The fourth-order valence-electron chi connectivity index (χ4n) is 4.11. The van der Waals surface area contributed by atoms with Crippen molar-refractivity contribution < 1.29 is 67.1 Å². The number of anilines is 1. The summed E-state index contributed by atoms with van der Waals surface area (Å²) in [6, 6.07) is -0.919. The van der Waals surface area contributed by atoms with E-state index in [9.17, 15) is 48.1 Å². The molecule has 0 saturated carbocycles. The average molecular weight is 708 g/mol. The van der Waals surface area contributed by atoms with E-state index in [4.69, 9.17) is 26.1 Å². The predicted molar refractivity (Wildman–Crippen MR) is 139 cm³/mol. The van der Waals surface area contributed by atoms with E-state index in [1.807, 2.05) is 0 Å². The van der Waals surface area contributed by atoms with Crippen molar-refractivity contribution >= 4 is 53.9 Å². The van der Waals surface area contributed by atoms with Crippen LogP contribution in [0.5, 0.6) is 0 Å². The van der Waals surface area contributed by atoms with Crippen LogP contribution in [0.3, 0.4) is 0 Å². The minimum Gasteiger partial charge on any atom is -0.387 e. The van der Waals surface area contributed by atoms with Gasteiger partial charge in [-0.3, -0.25) is 9.13 Å². The Morgan fingerprint density at radius 2 is 1.79 bits per heavy atom. The number of nitrogens with one attached hydrogen (secondary N) is 1. The van der Waals surface area contributed by atoms with Crippen LogP contribution in [0.2, 0.25) is 5.28 Å². The molecule has 1 aromatic carbocycles. The van der Waals surface area contributed by atoms with Crippen LogP contribution in [0.15, 0.2) is 29.3 Å². The van der Waals surface area contributed by atoms with Gasteiger partial charge >= 0.3 is 25.4 Å². The normalized spacial score (nSPS) is 25.2. The molecule has 14 nitrogen and oxygen atoms in total. The summed E-state index contributed by atoms with van der Waals surface area (Å²) in [5.41, 5.74) is -0.597. The standard InChI is InChI=1S/C19H22ClF6N5O9P2S/c1-8(10-3-2-9(4-12(10)21)43(22,23,24,25)26)28-16-11-5-27-31(17(11)30-19(20)29-16)18-15(33)14(32)13(40-18)6-39-42(37,38)7-41(34,35)36/h2-5,8,13-15,18,32-33H,6-7H2,1H3,(H,37,38)(H,28,29,30)(H2,34,35,36)/t8-,13+,14-,15?,18+/m0/s1. The Balaban J connectivity index is 1.57. The lowest BCUT2D eigenvalue weighted by atomic mass is 10.1. The maximum absolute atomic E-state index is 14.5. The summed E-state index contributed by atoms with van der Waals surface area (Å²) >= 11 is 5.99. The van der Waals surface area contributed by atoms with Crippen LogP contribution in [0.1, 0.15) is 24.8 Å². The molecule has 1 aliphatic heterocycles. The van der Waals surface area contributed by atoms with Crippen molar-refractivity contribution in [3.05, 3.63) is 41.1 Å². The molecule has 6 N–H and O–H groups in total. The van der Waals surface area contributed by atoms with Crippen molar-refractivity contribution in [1.82, 2.24) is 19.7 Å². The molecule has 4 rings (SSSR count). The lowest BCUT2D eigenvalue weighted by molar-refractivity contribution is -0.0541. The molecule has 2 aromatic heterocycles. The highest BCUT2D eigenvalue weighted by atomic mass is 35.5. The first-order valence-electron chi connectivity index (χ1n) is 11.6. The van der Waals surface area contributed by atoms with Gasteiger partial charge in [0.05, 0.1) is 24.2 Å². The molecule has 0 aliphatic carbocycles. The molecule has 0 amide bonds. The van der Waals surface area contributed by atoms with Gasteiger partial charge in [0.2, 0.25) is 5.28 Å². The average Bonchev–Trinajstić information content (AvgIpc) is 3.35. The molecule has 1 aliphatic rings. The highest BCUT2D eigenvalue weighted by Crippen LogP contribution is 3.02. The summed E-state index contributed by atoms with van der Waals surface area (Å²) in [6.45, 7) is 0.398. The zero-order valence-electron chi connectivity index (χ0n) is 21.2. The number of ether oxygens (including phenoxy) is 1. The van der Waals surface area contributed by atoms with Crippen molar-refractivity contribution in [1.29, 1.82) is 0 Å². The SMILES string of the molecule is C[C@H](Nc1nc(Cl)nc2c1cnn2[C@@H]1O[C@H](COP(=O)(O)CP(=O)(O)O)[C@H](O)C1O)c1ccc(S(F)(F)(F)(F)F)cc1F. The molecular formula is C19H22ClF6N5O9P2S. The van der Waals surface area contributed by atoms with Crippen LogP contribution in [0, 0.1) is 5.82 Å². The molecule has 1 saturated heterocycles. The van der Waals surface area contributed by atoms with Crippen LogP contribution in [-0.2, 0) is 18.4 Å². The fraction of sp³-hybridized carbons (Fsp3) is 0.421. The molecule has 0 bridgehead atoms. The second-order valence-corrected chi connectivity index (χ2v) is 16.2. The Morgan fingerprint density at radius 3 is 2.37 bits per heavy atom. The summed E-state index contributed by atoms with van der Waals surface area (Å²) in [6.07, 6.45) is -5.44. The van der Waals surface area contributed by atoms with Crippen LogP contribution in [0.25, 0.3) is 11.0 Å². The molecule has 0 radical (unpaired) electrons. The smallest absolute Gasteiger partial charge is 0.340 e. The van der Waals surface area contributed by atoms with E-state index in [1.54, 1.807) is 0 Å². The van der Waals surface area contributed by atoms with E-state index >= 15 is 0 Å². The minimum absolute atomic E-state index is 0.0341. The number of aliphatic hydroxyl groups is 2. The second-order valence-electron chi connectivity index (χ2n) is 9.47. The van der Waals surface area contributed by atoms with Crippen molar-refractivity contribution in [2.75, 3.05) is 17.8 Å². The van der Waals surface area contributed by atoms with Gasteiger partial charge in [-0.25, -0.2) is 9.07 Å². The summed E-state index contributed by atoms with van der Waals surface area (Å²) < 4.78 is 114. The van der Waals surface area contributed by atoms with Gasteiger partial charge in [-0.1, -0.05) is 25.5 Å². The Labute approximate surface area is 242 Å². The lowest BCUT2D eigenvalue weighted by Crippen LogP contribution is -2.33. The van der Waals surface area contributed by atoms with Crippen LogP contribution < -0.4 is 5.32 Å². The van der Waals surface area contributed by atoms with E-state index in [-0.39, 0.29) is 29.0 Å². The van der Waals surface area contributed by atoms with Gasteiger partial charge in [0, 0.05) is 5.56 Å². The molecule has 43 heavy (non-hydrogen) atoms. The van der Waals surface area contributed by atoms with Crippen molar-refractivity contribution in [2.24, 2.45) is 0 Å². The third-order valence-electron chi connectivity index (χ3n) is 6.05. The van der Waals surface area contributed by atoms with Gasteiger partial charge in [0.25, 0.3) is 0 Å². The topological polar surface area (TPSA) is 209 Å². The third kappa shape index (κ3) is 7.80. The van der Waals surface area contributed by atoms with Crippen molar-refractivity contribution in [3.63, 3.8) is 0 Å². The second kappa shape index (κ2) is 10.5. The third-order valence-corrected chi connectivity index (χ3v) is 10.8. The molecule has 0 spiro atoms.